The van der Waals surface area contributed by atoms with E-state index >= 15 is 0 Å². The van der Waals surface area contributed by atoms with Crippen molar-refractivity contribution in [1.29, 1.82) is 0 Å². The van der Waals surface area contributed by atoms with Crippen molar-refractivity contribution in [3.63, 3.8) is 0 Å². The summed E-state index contributed by atoms with van der Waals surface area (Å²) in [6.45, 7) is 0. The van der Waals surface area contributed by atoms with E-state index in [9.17, 15) is 4.79 Å². The van der Waals surface area contributed by atoms with Gasteiger partial charge in [-0.2, -0.15) is 0 Å². The van der Waals surface area contributed by atoms with Gasteiger partial charge in [0.2, 0.25) is 0 Å². The Hall–Kier alpha value is -1.31. The van der Waals surface area contributed by atoms with Gasteiger partial charge in [0.1, 0.15) is 5.78 Å². The van der Waals surface area contributed by atoms with E-state index in [4.69, 9.17) is 23.2 Å². The summed E-state index contributed by atoms with van der Waals surface area (Å²) in [6, 6.07) is 15.6. The van der Waals surface area contributed by atoms with Crippen molar-refractivity contribution in [2.75, 3.05) is 0 Å². The number of carbonyl (C=O) groups excluding carboxylic acids is 1. The van der Waals surface area contributed by atoms with E-state index in [0.29, 0.717) is 22.9 Å². The molecule has 0 heterocycles. The second-order valence-electron chi connectivity index (χ2n) is 4.77. The minimum absolute atomic E-state index is 0.199. The number of benzene rings is 2. The number of hydrogen-bond acceptors (Lipinski definition) is 1. The van der Waals surface area contributed by atoms with Gasteiger partial charge in [0, 0.05) is 12.8 Å². The standard InChI is InChI=1S/C17H16Cl2O/c18-16-11-5-9-14(17(16)19)12-15(20)10-4-8-13-6-2-1-3-7-13/h1-3,5-7,9,11H,4,8,10,12H2. The van der Waals surface area contributed by atoms with Crippen LogP contribution in [0.2, 0.25) is 10.0 Å². The third-order valence-corrected chi connectivity index (χ3v) is 4.04. The zero-order valence-electron chi connectivity index (χ0n) is 11.1. The van der Waals surface area contributed by atoms with Crippen LogP contribution in [0.3, 0.4) is 0 Å². The number of ketones is 1. The maximum absolute atomic E-state index is 12.0. The monoisotopic (exact) mass is 306 g/mol. The predicted octanol–water partition coefficient (Wildman–Crippen LogP) is 5.13. The van der Waals surface area contributed by atoms with E-state index in [-0.39, 0.29) is 5.78 Å². The van der Waals surface area contributed by atoms with Gasteiger partial charge in [0.15, 0.2) is 0 Å². The fourth-order valence-corrected chi connectivity index (χ4v) is 2.51. The fourth-order valence-electron chi connectivity index (χ4n) is 2.12. The van der Waals surface area contributed by atoms with Gasteiger partial charge in [-0.25, -0.2) is 0 Å². The molecule has 0 radical (unpaired) electrons. The normalized spacial score (nSPS) is 10.5. The first-order chi connectivity index (χ1) is 9.66. The summed E-state index contributed by atoms with van der Waals surface area (Å²) < 4.78 is 0. The maximum Gasteiger partial charge on any atom is 0.137 e. The lowest BCUT2D eigenvalue weighted by Crippen LogP contribution is -2.04. The van der Waals surface area contributed by atoms with Crippen LogP contribution in [-0.4, -0.2) is 5.78 Å². The molecule has 2 aromatic carbocycles. The molecule has 0 spiro atoms. The minimum Gasteiger partial charge on any atom is -0.299 e. The molecule has 0 N–H and O–H groups in total. The SMILES string of the molecule is O=C(CCCc1ccccc1)Cc1cccc(Cl)c1Cl. The van der Waals surface area contributed by atoms with Crippen molar-refractivity contribution < 1.29 is 4.79 Å². The molecule has 0 aliphatic carbocycles. The van der Waals surface area contributed by atoms with E-state index in [0.717, 1.165) is 18.4 Å². The van der Waals surface area contributed by atoms with Crippen molar-refractivity contribution in [1.82, 2.24) is 0 Å². The Balaban J connectivity index is 1.82. The highest BCUT2D eigenvalue weighted by Gasteiger charge is 2.09. The van der Waals surface area contributed by atoms with Crippen molar-refractivity contribution in [2.45, 2.75) is 25.7 Å². The lowest BCUT2D eigenvalue weighted by Gasteiger charge is -2.05. The average molecular weight is 307 g/mol. The van der Waals surface area contributed by atoms with E-state index < -0.39 is 0 Å². The first kappa shape index (κ1) is 15.1. The topological polar surface area (TPSA) is 17.1 Å². The lowest BCUT2D eigenvalue weighted by atomic mass is 10.0. The molecule has 2 aromatic rings. The van der Waals surface area contributed by atoms with Crippen LogP contribution in [0.1, 0.15) is 24.0 Å². The van der Waals surface area contributed by atoms with Crippen LogP contribution >= 0.6 is 23.2 Å². The van der Waals surface area contributed by atoms with Crippen LogP contribution in [-0.2, 0) is 17.6 Å². The Morgan fingerprint density at radius 3 is 2.45 bits per heavy atom. The molecular weight excluding hydrogens is 291 g/mol. The number of aryl methyl sites for hydroxylation is 1. The van der Waals surface area contributed by atoms with Crippen LogP contribution in [0.5, 0.6) is 0 Å². The lowest BCUT2D eigenvalue weighted by molar-refractivity contribution is -0.118. The first-order valence-electron chi connectivity index (χ1n) is 6.65. The third kappa shape index (κ3) is 4.36. The molecule has 0 atom stereocenters. The van der Waals surface area contributed by atoms with Gasteiger partial charge in [-0.1, -0.05) is 65.7 Å². The van der Waals surface area contributed by atoms with Crippen LogP contribution in [0.25, 0.3) is 0 Å². The summed E-state index contributed by atoms with van der Waals surface area (Å²) in [4.78, 5) is 12.0. The Morgan fingerprint density at radius 1 is 0.950 bits per heavy atom. The summed E-state index contributed by atoms with van der Waals surface area (Å²) in [5.74, 6) is 0.199. The predicted molar refractivity (Wildman–Crippen MR) is 84.6 cm³/mol. The number of Topliss-reactive ketones (excluding diaryl/α,β-unsaturated/α-hetero) is 1. The van der Waals surface area contributed by atoms with Crippen molar-refractivity contribution in [3.8, 4) is 0 Å². The molecule has 2 rings (SSSR count). The van der Waals surface area contributed by atoms with E-state index in [1.807, 2.05) is 30.3 Å². The molecular formula is C17H16Cl2O. The second kappa shape index (κ2) is 7.47. The van der Waals surface area contributed by atoms with Crippen molar-refractivity contribution in [2.24, 2.45) is 0 Å². The summed E-state index contributed by atoms with van der Waals surface area (Å²) in [5.41, 5.74) is 2.07. The molecule has 20 heavy (non-hydrogen) atoms. The average Bonchev–Trinajstić information content (AvgIpc) is 2.45. The maximum atomic E-state index is 12.0. The van der Waals surface area contributed by atoms with Crippen molar-refractivity contribution >= 4 is 29.0 Å². The van der Waals surface area contributed by atoms with Crippen LogP contribution < -0.4 is 0 Å². The van der Waals surface area contributed by atoms with Crippen LogP contribution in [0.4, 0.5) is 0 Å². The van der Waals surface area contributed by atoms with E-state index in [2.05, 4.69) is 12.1 Å². The van der Waals surface area contributed by atoms with Gasteiger partial charge in [0.25, 0.3) is 0 Å². The van der Waals surface area contributed by atoms with Crippen LogP contribution in [0, 0.1) is 0 Å². The number of halogens is 2. The van der Waals surface area contributed by atoms with Gasteiger partial charge >= 0.3 is 0 Å². The highest BCUT2D eigenvalue weighted by Crippen LogP contribution is 2.26. The first-order valence-corrected chi connectivity index (χ1v) is 7.41. The van der Waals surface area contributed by atoms with E-state index in [1.165, 1.54) is 5.56 Å². The molecule has 0 aliphatic heterocycles. The largest absolute Gasteiger partial charge is 0.299 e. The zero-order valence-corrected chi connectivity index (χ0v) is 12.6. The Morgan fingerprint density at radius 2 is 1.70 bits per heavy atom. The van der Waals surface area contributed by atoms with Gasteiger partial charge in [0.05, 0.1) is 10.0 Å². The molecule has 0 bridgehead atoms. The second-order valence-corrected chi connectivity index (χ2v) is 5.55. The quantitative estimate of drug-likeness (QED) is 0.723. The summed E-state index contributed by atoms with van der Waals surface area (Å²) >= 11 is 12.0. The van der Waals surface area contributed by atoms with Gasteiger partial charge in [-0.05, 0) is 30.0 Å². The Kier molecular flexibility index (Phi) is 5.63. The number of carbonyl (C=O) groups is 1. The minimum atomic E-state index is 0.199. The summed E-state index contributed by atoms with van der Waals surface area (Å²) in [5, 5.41) is 0.992. The third-order valence-electron chi connectivity index (χ3n) is 3.18. The molecule has 0 saturated heterocycles. The summed E-state index contributed by atoms with van der Waals surface area (Å²) in [6.07, 6.45) is 2.71. The smallest absolute Gasteiger partial charge is 0.137 e. The molecule has 104 valence electrons. The highest BCUT2D eigenvalue weighted by molar-refractivity contribution is 6.42. The number of rotatable bonds is 6. The van der Waals surface area contributed by atoms with E-state index in [1.54, 1.807) is 6.07 Å². The molecule has 0 aromatic heterocycles. The molecule has 1 nitrogen and oxygen atoms in total. The molecule has 0 fully saturated rings. The molecule has 0 amide bonds. The van der Waals surface area contributed by atoms with Gasteiger partial charge < -0.3 is 0 Å². The zero-order chi connectivity index (χ0) is 14.4. The van der Waals surface area contributed by atoms with Gasteiger partial charge in [-0.15, -0.1) is 0 Å². The fraction of sp³-hybridized carbons (Fsp3) is 0.235. The molecule has 0 unspecified atom stereocenters. The Labute approximate surface area is 129 Å². The highest BCUT2D eigenvalue weighted by atomic mass is 35.5. The van der Waals surface area contributed by atoms with Gasteiger partial charge in [-0.3, -0.25) is 4.79 Å². The summed E-state index contributed by atoms with van der Waals surface area (Å²) in [7, 11) is 0. The molecule has 3 heteroatoms. The molecule has 0 saturated carbocycles. The molecule has 0 aliphatic rings. The Bertz CT molecular complexity index is 579. The number of hydrogen-bond donors (Lipinski definition) is 0. The van der Waals surface area contributed by atoms with Crippen molar-refractivity contribution in [3.05, 3.63) is 69.7 Å². The van der Waals surface area contributed by atoms with Crippen LogP contribution in [0.15, 0.2) is 48.5 Å².